The van der Waals surface area contributed by atoms with Crippen LogP contribution in [0.2, 0.25) is 0 Å². The van der Waals surface area contributed by atoms with Gasteiger partial charge in [0.1, 0.15) is 6.61 Å². The molecular formula is C22H32N2O4S. The zero-order valence-corrected chi connectivity index (χ0v) is 18.7. The molecule has 0 bridgehead atoms. The molecule has 1 saturated heterocycles. The lowest BCUT2D eigenvalue weighted by molar-refractivity contribution is 0.136. The topological polar surface area (TPSA) is 66.9 Å². The molecule has 6 nitrogen and oxygen atoms in total. The van der Waals surface area contributed by atoms with Gasteiger partial charge in [-0.05, 0) is 46.1 Å². The first kappa shape index (κ1) is 23.2. The standard InChI is InChI=1S/C18H24N2O4S.C4H8/c1-4-14(3)25(22,23)19-9-7-16(8-10-19)20-17-6-5-13(2)11-15(17)12-24-18(20)21;1-3-4-2/h4-6,11,16H,7-10,12H2,1-3H3;3H,1,4H2,2H3/b14-4-;. The summed E-state index contributed by atoms with van der Waals surface area (Å²) in [5.74, 6) is 0. The van der Waals surface area contributed by atoms with Gasteiger partial charge in [0.2, 0.25) is 10.0 Å². The van der Waals surface area contributed by atoms with Crippen LogP contribution in [0.15, 0.2) is 41.8 Å². The smallest absolute Gasteiger partial charge is 0.414 e. The van der Waals surface area contributed by atoms with Crippen LogP contribution in [0.4, 0.5) is 10.5 Å². The molecular weight excluding hydrogens is 388 g/mol. The second-order valence-corrected chi connectivity index (χ2v) is 9.40. The van der Waals surface area contributed by atoms with Crippen molar-refractivity contribution in [2.45, 2.75) is 59.6 Å². The molecule has 1 amide bonds. The highest BCUT2D eigenvalue weighted by Gasteiger charge is 2.36. The van der Waals surface area contributed by atoms with Crippen molar-refractivity contribution >= 4 is 21.8 Å². The lowest BCUT2D eigenvalue weighted by atomic mass is 10.0. The lowest BCUT2D eigenvalue weighted by Crippen LogP contribution is -2.50. The van der Waals surface area contributed by atoms with Crippen LogP contribution in [0.3, 0.4) is 0 Å². The normalized spacial score (nSPS) is 18.4. The molecule has 0 radical (unpaired) electrons. The van der Waals surface area contributed by atoms with E-state index >= 15 is 0 Å². The number of anilines is 1. The van der Waals surface area contributed by atoms with Gasteiger partial charge in [0.25, 0.3) is 0 Å². The third-order valence-electron chi connectivity index (χ3n) is 5.27. The molecule has 2 aliphatic rings. The zero-order chi connectivity index (χ0) is 21.6. The molecule has 0 N–H and O–H groups in total. The van der Waals surface area contributed by atoms with Gasteiger partial charge in [-0.15, -0.1) is 6.58 Å². The van der Waals surface area contributed by atoms with E-state index in [0.717, 1.165) is 23.2 Å². The zero-order valence-electron chi connectivity index (χ0n) is 17.8. The number of fused-ring (bicyclic) bond motifs is 1. The number of piperidine rings is 1. The molecule has 2 heterocycles. The Morgan fingerprint density at radius 2 is 1.93 bits per heavy atom. The van der Waals surface area contributed by atoms with Crippen LogP contribution in [0.1, 0.15) is 51.2 Å². The van der Waals surface area contributed by atoms with Crippen LogP contribution in [0, 0.1) is 6.92 Å². The van der Waals surface area contributed by atoms with E-state index in [-0.39, 0.29) is 12.1 Å². The van der Waals surface area contributed by atoms with Crippen molar-refractivity contribution in [2.75, 3.05) is 18.0 Å². The molecule has 1 aromatic carbocycles. The van der Waals surface area contributed by atoms with Crippen LogP contribution in [0.25, 0.3) is 0 Å². The number of cyclic esters (lactones) is 1. The molecule has 2 aliphatic heterocycles. The van der Waals surface area contributed by atoms with Gasteiger partial charge in [-0.3, -0.25) is 4.90 Å². The SMILES string of the molecule is C/C=C(/C)S(=O)(=O)N1CCC(N2C(=O)OCc3cc(C)ccc32)CC1.C=CCC. The van der Waals surface area contributed by atoms with Crippen LogP contribution in [-0.4, -0.2) is 37.9 Å². The summed E-state index contributed by atoms with van der Waals surface area (Å²) >= 11 is 0. The number of rotatable bonds is 4. The fourth-order valence-electron chi connectivity index (χ4n) is 3.41. The molecule has 7 heteroatoms. The van der Waals surface area contributed by atoms with Gasteiger partial charge in [-0.1, -0.05) is 36.8 Å². The molecule has 0 atom stereocenters. The second kappa shape index (κ2) is 10.1. The number of amides is 1. The van der Waals surface area contributed by atoms with Crippen LogP contribution in [0.5, 0.6) is 0 Å². The molecule has 160 valence electrons. The van der Waals surface area contributed by atoms with Gasteiger partial charge in [-0.25, -0.2) is 13.2 Å². The van der Waals surface area contributed by atoms with Crippen molar-refractivity contribution in [1.82, 2.24) is 4.31 Å². The van der Waals surface area contributed by atoms with Gasteiger partial charge in [-0.2, -0.15) is 4.31 Å². The molecule has 0 aliphatic carbocycles. The monoisotopic (exact) mass is 420 g/mol. The minimum absolute atomic E-state index is 0.0494. The van der Waals surface area contributed by atoms with Crippen molar-refractivity contribution in [3.8, 4) is 0 Å². The first-order valence-corrected chi connectivity index (χ1v) is 11.5. The van der Waals surface area contributed by atoms with Crippen LogP contribution < -0.4 is 4.90 Å². The quantitative estimate of drug-likeness (QED) is 0.659. The van der Waals surface area contributed by atoms with E-state index in [1.807, 2.05) is 31.2 Å². The largest absolute Gasteiger partial charge is 0.444 e. The Kier molecular flexibility index (Phi) is 8.05. The summed E-state index contributed by atoms with van der Waals surface area (Å²) < 4.78 is 31.7. The number of hydrogen-bond donors (Lipinski definition) is 0. The van der Waals surface area contributed by atoms with Crippen molar-refractivity contribution in [3.63, 3.8) is 0 Å². The molecule has 0 saturated carbocycles. The van der Waals surface area contributed by atoms with E-state index in [1.165, 1.54) is 4.31 Å². The first-order chi connectivity index (χ1) is 13.8. The summed E-state index contributed by atoms with van der Waals surface area (Å²) in [5.41, 5.74) is 3.01. The highest BCUT2D eigenvalue weighted by Crippen LogP contribution is 2.33. The minimum atomic E-state index is -3.39. The lowest BCUT2D eigenvalue weighted by Gasteiger charge is -2.39. The van der Waals surface area contributed by atoms with Gasteiger partial charge in [0.15, 0.2) is 0 Å². The number of hydrogen-bond acceptors (Lipinski definition) is 4. The van der Waals surface area contributed by atoms with Crippen molar-refractivity contribution in [3.05, 3.63) is 53.0 Å². The van der Waals surface area contributed by atoms with E-state index in [4.69, 9.17) is 4.74 Å². The Bertz CT molecular complexity index is 869. The number of benzene rings is 1. The number of carbonyl (C=O) groups is 1. The summed E-state index contributed by atoms with van der Waals surface area (Å²) in [6.45, 7) is 12.0. The fraction of sp³-hybridized carbons (Fsp3) is 0.500. The van der Waals surface area contributed by atoms with E-state index in [1.54, 1.807) is 24.8 Å². The summed E-state index contributed by atoms with van der Waals surface area (Å²) in [6, 6.07) is 5.92. The minimum Gasteiger partial charge on any atom is -0.444 e. The predicted molar refractivity (Wildman–Crippen MR) is 117 cm³/mol. The Morgan fingerprint density at radius 1 is 1.31 bits per heavy atom. The van der Waals surface area contributed by atoms with Crippen molar-refractivity contribution in [2.24, 2.45) is 0 Å². The van der Waals surface area contributed by atoms with Crippen LogP contribution >= 0.6 is 0 Å². The Morgan fingerprint density at radius 3 is 2.48 bits per heavy atom. The average molecular weight is 421 g/mol. The first-order valence-electron chi connectivity index (χ1n) is 10.1. The Balaban J connectivity index is 0.000000687. The highest BCUT2D eigenvalue weighted by atomic mass is 32.2. The predicted octanol–water partition coefficient (Wildman–Crippen LogP) is 4.75. The fourth-order valence-corrected chi connectivity index (χ4v) is 4.81. The second-order valence-electron chi connectivity index (χ2n) is 7.29. The molecule has 29 heavy (non-hydrogen) atoms. The Labute approximate surface area is 174 Å². The van der Waals surface area contributed by atoms with Crippen LogP contribution in [-0.2, 0) is 21.4 Å². The molecule has 0 aromatic heterocycles. The number of sulfonamides is 1. The van der Waals surface area contributed by atoms with E-state index in [0.29, 0.717) is 37.4 Å². The van der Waals surface area contributed by atoms with Gasteiger partial charge in [0.05, 0.1) is 10.6 Å². The van der Waals surface area contributed by atoms with Gasteiger partial charge >= 0.3 is 6.09 Å². The maximum Gasteiger partial charge on any atom is 0.414 e. The molecule has 0 unspecified atom stereocenters. The molecule has 0 spiro atoms. The van der Waals surface area contributed by atoms with E-state index in [2.05, 4.69) is 13.5 Å². The summed E-state index contributed by atoms with van der Waals surface area (Å²) in [4.78, 5) is 14.4. The average Bonchev–Trinajstić information content (AvgIpc) is 2.73. The number of carbonyl (C=O) groups excluding carboxylic acids is 1. The number of allylic oxidation sites excluding steroid dienone is 3. The number of ether oxygens (including phenoxy) is 1. The molecule has 1 aromatic rings. The third-order valence-corrected chi connectivity index (χ3v) is 7.37. The summed E-state index contributed by atoms with van der Waals surface area (Å²) in [5, 5.41) is 0. The third kappa shape index (κ3) is 5.28. The van der Waals surface area contributed by atoms with Crippen molar-refractivity contribution in [1.29, 1.82) is 0 Å². The van der Waals surface area contributed by atoms with Crippen molar-refractivity contribution < 1.29 is 17.9 Å². The number of nitrogens with zero attached hydrogens (tertiary/aromatic N) is 2. The molecule has 3 rings (SSSR count). The summed E-state index contributed by atoms with van der Waals surface area (Å²) in [7, 11) is -3.39. The van der Waals surface area contributed by atoms with Gasteiger partial charge < -0.3 is 4.74 Å². The Hall–Kier alpha value is -2.12. The summed E-state index contributed by atoms with van der Waals surface area (Å²) in [6.07, 6.45) is 5.42. The van der Waals surface area contributed by atoms with E-state index in [9.17, 15) is 13.2 Å². The molecule has 1 fully saturated rings. The maximum absolute atomic E-state index is 12.5. The number of aryl methyl sites for hydroxylation is 1. The maximum atomic E-state index is 12.5. The van der Waals surface area contributed by atoms with Gasteiger partial charge in [0, 0.05) is 24.7 Å². The van der Waals surface area contributed by atoms with E-state index < -0.39 is 10.0 Å². The highest BCUT2D eigenvalue weighted by molar-refractivity contribution is 7.93.